The average molecular weight is 518 g/mol. The number of benzene rings is 2. The number of aromatic nitrogens is 1. The largest absolute Gasteiger partial charge is 0.477 e. The number of hydrogen-bond acceptors (Lipinski definition) is 2. The molecule has 0 atom stereocenters. The SMILES string of the molecule is O=C(O)c1ccccn1.[CH2-]c1ccccc1-c1[c-]cc(F)cc1F.[Ir]. The van der Waals surface area contributed by atoms with Crippen LogP contribution in [0.2, 0.25) is 0 Å². The molecular formula is C19H13F2IrNO2-2. The van der Waals surface area contributed by atoms with Gasteiger partial charge in [0, 0.05) is 37.9 Å². The van der Waals surface area contributed by atoms with Gasteiger partial charge in [-0.2, -0.15) is 18.6 Å². The molecule has 1 heterocycles. The third kappa shape index (κ3) is 5.78. The van der Waals surface area contributed by atoms with Crippen LogP contribution in [0.4, 0.5) is 8.78 Å². The predicted molar refractivity (Wildman–Crippen MR) is 86.3 cm³/mol. The van der Waals surface area contributed by atoms with Crippen LogP contribution in [0.5, 0.6) is 0 Å². The van der Waals surface area contributed by atoms with Gasteiger partial charge in [0.1, 0.15) is 5.69 Å². The van der Waals surface area contributed by atoms with Crippen LogP contribution in [0.1, 0.15) is 16.1 Å². The average Bonchev–Trinajstić information content (AvgIpc) is 2.57. The second kappa shape index (κ2) is 9.67. The van der Waals surface area contributed by atoms with Crippen molar-refractivity contribution in [3.63, 3.8) is 0 Å². The molecule has 0 unspecified atom stereocenters. The minimum Gasteiger partial charge on any atom is -0.477 e. The van der Waals surface area contributed by atoms with Crippen molar-refractivity contribution in [3.05, 3.63) is 96.7 Å². The van der Waals surface area contributed by atoms with E-state index >= 15 is 0 Å². The minimum atomic E-state index is -0.990. The molecule has 2 aromatic carbocycles. The van der Waals surface area contributed by atoms with Crippen molar-refractivity contribution < 1.29 is 38.8 Å². The van der Waals surface area contributed by atoms with Crippen LogP contribution in [0.25, 0.3) is 11.1 Å². The summed E-state index contributed by atoms with van der Waals surface area (Å²) in [7, 11) is 0. The summed E-state index contributed by atoms with van der Waals surface area (Å²) < 4.78 is 26.1. The molecule has 0 amide bonds. The van der Waals surface area contributed by atoms with Crippen LogP contribution in [0.15, 0.2) is 60.8 Å². The molecule has 1 N–H and O–H groups in total. The van der Waals surface area contributed by atoms with Crippen LogP contribution in [0, 0.1) is 24.6 Å². The Hall–Kier alpha value is -2.56. The molecule has 3 nitrogen and oxygen atoms in total. The molecule has 0 fully saturated rings. The van der Waals surface area contributed by atoms with Crippen LogP contribution in [-0.2, 0) is 20.1 Å². The third-order valence-corrected chi connectivity index (χ3v) is 3.03. The Morgan fingerprint density at radius 2 is 1.80 bits per heavy atom. The summed E-state index contributed by atoms with van der Waals surface area (Å²) in [6.45, 7) is 3.78. The maximum absolute atomic E-state index is 13.4. The molecule has 25 heavy (non-hydrogen) atoms. The van der Waals surface area contributed by atoms with Gasteiger partial charge < -0.3 is 5.11 Å². The van der Waals surface area contributed by atoms with E-state index in [1.165, 1.54) is 12.3 Å². The van der Waals surface area contributed by atoms with E-state index in [1.807, 2.05) is 6.07 Å². The summed E-state index contributed by atoms with van der Waals surface area (Å²) in [6, 6.07) is 16.4. The van der Waals surface area contributed by atoms with Gasteiger partial charge in [-0.3, -0.25) is 8.78 Å². The van der Waals surface area contributed by atoms with E-state index in [2.05, 4.69) is 18.0 Å². The van der Waals surface area contributed by atoms with Crippen molar-refractivity contribution in [2.75, 3.05) is 0 Å². The van der Waals surface area contributed by atoms with Gasteiger partial charge in [-0.05, 0) is 12.1 Å². The van der Waals surface area contributed by atoms with Gasteiger partial charge in [0.25, 0.3) is 0 Å². The number of halogens is 2. The van der Waals surface area contributed by atoms with Crippen LogP contribution < -0.4 is 0 Å². The Bertz CT molecular complexity index is 842. The molecular weight excluding hydrogens is 504 g/mol. The van der Waals surface area contributed by atoms with Gasteiger partial charge in [0.15, 0.2) is 0 Å². The molecule has 0 aliphatic rings. The first-order chi connectivity index (χ1) is 11.5. The fraction of sp³-hybridized carbons (Fsp3) is 0. The minimum absolute atomic E-state index is 0. The van der Waals surface area contributed by atoms with E-state index in [-0.39, 0.29) is 31.4 Å². The van der Waals surface area contributed by atoms with Gasteiger partial charge in [0.2, 0.25) is 0 Å². The van der Waals surface area contributed by atoms with E-state index < -0.39 is 17.6 Å². The molecule has 1 radical (unpaired) electrons. The summed E-state index contributed by atoms with van der Waals surface area (Å²) >= 11 is 0. The van der Waals surface area contributed by atoms with Crippen molar-refractivity contribution in [2.24, 2.45) is 0 Å². The van der Waals surface area contributed by atoms with Crippen molar-refractivity contribution in [1.29, 1.82) is 0 Å². The summed E-state index contributed by atoms with van der Waals surface area (Å²) in [6.07, 6.45) is 1.45. The Kier molecular flexibility index (Phi) is 7.92. The second-order valence-corrected chi connectivity index (χ2v) is 4.72. The summed E-state index contributed by atoms with van der Waals surface area (Å²) in [5.41, 5.74) is 1.66. The number of rotatable bonds is 2. The summed E-state index contributed by atoms with van der Waals surface area (Å²) in [4.78, 5) is 13.7. The molecule has 3 rings (SSSR count). The number of hydrogen-bond donors (Lipinski definition) is 1. The van der Waals surface area contributed by atoms with Crippen molar-refractivity contribution in [3.8, 4) is 11.1 Å². The Morgan fingerprint density at radius 1 is 1.12 bits per heavy atom. The van der Waals surface area contributed by atoms with Gasteiger partial charge in [-0.1, -0.05) is 24.3 Å². The molecule has 6 heteroatoms. The molecule has 131 valence electrons. The molecule has 0 bridgehead atoms. The number of carboxylic acid groups (broad SMARTS) is 1. The number of nitrogens with zero attached hydrogens (tertiary/aromatic N) is 1. The maximum atomic E-state index is 13.4. The second-order valence-electron chi connectivity index (χ2n) is 4.72. The standard InChI is InChI=1S/C13H8F2.C6H5NO2.Ir/c1-9-4-2-3-5-11(9)12-7-6-10(14)8-13(12)15;8-6(9)5-3-1-2-4-7-5;/h2-6,8H,1H2;1-4H,(H,8,9);/q-2;;. The summed E-state index contributed by atoms with van der Waals surface area (Å²) in [5, 5.41) is 8.32. The molecule has 0 aliphatic carbocycles. The van der Waals surface area contributed by atoms with Gasteiger partial charge in [-0.25, -0.2) is 9.78 Å². The molecule has 3 aromatic rings. The van der Waals surface area contributed by atoms with Gasteiger partial charge in [0.05, 0.1) is 0 Å². The predicted octanol–water partition coefficient (Wildman–Crippen LogP) is 4.39. The number of carbonyl (C=O) groups is 1. The van der Waals surface area contributed by atoms with Crippen molar-refractivity contribution in [2.45, 2.75) is 0 Å². The smallest absolute Gasteiger partial charge is 0.354 e. The molecule has 0 saturated heterocycles. The summed E-state index contributed by atoms with van der Waals surface area (Å²) in [5.74, 6) is -2.24. The Balaban J connectivity index is 0.000000270. The Morgan fingerprint density at radius 3 is 2.32 bits per heavy atom. The van der Waals surface area contributed by atoms with E-state index in [0.29, 0.717) is 11.1 Å². The molecule has 0 saturated carbocycles. The number of aromatic carboxylic acids is 1. The zero-order chi connectivity index (χ0) is 17.5. The van der Waals surface area contributed by atoms with E-state index in [0.717, 1.165) is 12.1 Å². The van der Waals surface area contributed by atoms with E-state index in [4.69, 9.17) is 5.11 Å². The quantitative estimate of drug-likeness (QED) is 0.513. The van der Waals surface area contributed by atoms with Gasteiger partial charge >= 0.3 is 5.97 Å². The fourth-order valence-electron chi connectivity index (χ4n) is 1.90. The van der Waals surface area contributed by atoms with Crippen LogP contribution >= 0.6 is 0 Å². The monoisotopic (exact) mass is 518 g/mol. The van der Waals surface area contributed by atoms with Crippen molar-refractivity contribution in [1.82, 2.24) is 4.98 Å². The third-order valence-electron chi connectivity index (χ3n) is 3.03. The van der Waals surface area contributed by atoms with Gasteiger partial charge in [-0.15, -0.1) is 29.3 Å². The maximum Gasteiger partial charge on any atom is 0.354 e. The first-order valence-corrected chi connectivity index (χ1v) is 6.91. The first kappa shape index (κ1) is 20.5. The number of pyridine rings is 1. The van der Waals surface area contributed by atoms with E-state index in [9.17, 15) is 13.6 Å². The number of carboxylic acids is 1. The van der Waals surface area contributed by atoms with Crippen LogP contribution in [-0.4, -0.2) is 16.1 Å². The van der Waals surface area contributed by atoms with Crippen molar-refractivity contribution >= 4 is 5.97 Å². The Labute approximate surface area is 157 Å². The normalized spacial score (nSPS) is 9.36. The molecule has 0 spiro atoms. The topological polar surface area (TPSA) is 50.2 Å². The molecule has 0 aliphatic heterocycles. The van der Waals surface area contributed by atoms with Crippen LogP contribution in [0.3, 0.4) is 0 Å². The first-order valence-electron chi connectivity index (χ1n) is 6.91. The fourth-order valence-corrected chi connectivity index (χ4v) is 1.90. The zero-order valence-corrected chi connectivity index (χ0v) is 15.3. The van der Waals surface area contributed by atoms with E-state index in [1.54, 1.807) is 30.3 Å². The molecule has 1 aromatic heterocycles. The zero-order valence-electron chi connectivity index (χ0n) is 12.9.